The van der Waals surface area contributed by atoms with Gasteiger partial charge in [-0.1, -0.05) is 36.4 Å². The van der Waals surface area contributed by atoms with E-state index in [1.807, 2.05) is 55.5 Å². The number of nitrogens with zero attached hydrogens (tertiary/aromatic N) is 2. The number of nitrogens with two attached hydrogens (primary N) is 1. The van der Waals surface area contributed by atoms with Crippen molar-refractivity contribution in [3.63, 3.8) is 0 Å². The average molecular weight is 413 g/mol. The van der Waals surface area contributed by atoms with E-state index in [-0.39, 0.29) is 23.8 Å². The van der Waals surface area contributed by atoms with E-state index in [9.17, 15) is 10.1 Å². The summed E-state index contributed by atoms with van der Waals surface area (Å²) in [4.78, 5) is 13.7. The summed E-state index contributed by atoms with van der Waals surface area (Å²) in [6.45, 7) is 2.38. The Labute approximate surface area is 178 Å². The number of aromatic nitrogens is 1. The minimum Gasteiger partial charge on any atom is -0.454 e. The highest BCUT2D eigenvalue weighted by Gasteiger charge is 2.34. The summed E-state index contributed by atoms with van der Waals surface area (Å²) < 4.78 is 18.2. The Balaban J connectivity index is 1.65. The molecule has 5 rings (SSSR count). The first-order valence-corrected chi connectivity index (χ1v) is 9.82. The molecule has 0 bridgehead atoms. The van der Waals surface area contributed by atoms with Crippen LogP contribution in [0.25, 0.3) is 0 Å². The maximum absolute atomic E-state index is 13.7. The van der Waals surface area contributed by atoms with Gasteiger partial charge in [-0.25, -0.2) is 0 Å². The summed E-state index contributed by atoms with van der Waals surface area (Å²) in [6.07, 6.45) is 0. The Hall–Kier alpha value is -4.18. The molecule has 7 nitrogen and oxygen atoms in total. The Bertz CT molecular complexity index is 1320. The molecular weight excluding hydrogens is 394 g/mol. The second-order valence-electron chi connectivity index (χ2n) is 7.48. The number of allylic oxidation sites excluding steroid dienone is 1. The molecule has 0 aliphatic carbocycles. The monoisotopic (exact) mass is 413 g/mol. The van der Waals surface area contributed by atoms with Gasteiger partial charge < -0.3 is 24.5 Å². The van der Waals surface area contributed by atoms with Gasteiger partial charge in [-0.05, 0) is 30.2 Å². The third-order valence-corrected chi connectivity index (χ3v) is 5.60. The van der Waals surface area contributed by atoms with Crippen molar-refractivity contribution in [2.45, 2.75) is 19.4 Å². The lowest BCUT2D eigenvalue weighted by atomic mass is 9.84. The minimum atomic E-state index is -0.592. The first kappa shape index (κ1) is 18.8. The Kier molecular flexibility index (Phi) is 4.41. The van der Waals surface area contributed by atoms with E-state index in [0.29, 0.717) is 29.4 Å². The van der Waals surface area contributed by atoms with Crippen molar-refractivity contribution < 1.29 is 14.2 Å². The minimum absolute atomic E-state index is 0.0242. The highest BCUT2D eigenvalue weighted by Crippen LogP contribution is 2.40. The van der Waals surface area contributed by atoms with Crippen molar-refractivity contribution in [2.24, 2.45) is 5.73 Å². The Morgan fingerprint density at radius 3 is 2.65 bits per heavy atom. The third kappa shape index (κ3) is 3.09. The van der Waals surface area contributed by atoms with Crippen LogP contribution in [-0.4, -0.2) is 11.4 Å². The summed E-state index contributed by atoms with van der Waals surface area (Å²) in [5.41, 5.74) is 8.89. The second-order valence-corrected chi connectivity index (χ2v) is 7.48. The molecule has 2 aromatic carbocycles. The highest BCUT2D eigenvalue weighted by atomic mass is 16.7. The van der Waals surface area contributed by atoms with E-state index < -0.39 is 5.92 Å². The first-order chi connectivity index (χ1) is 15.1. The van der Waals surface area contributed by atoms with Crippen LogP contribution in [0, 0.1) is 18.3 Å². The lowest BCUT2D eigenvalue weighted by Crippen LogP contribution is -2.33. The SMILES string of the molecule is Cc1cc2c(c(=O)n1Cc1ccc3c(c1)OCO3)C(c1ccccc1)C(C#N)=C(N)O2. The molecule has 2 aliphatic heterocycles. The Morgan fingerprint density at radius 1 is 1.10 bits per heavy atom. The van der Waals surface area contributed by atoms with Crippen molar-refractivity contribution in [3.05, 3.63) is 98.8 Å². The molecule has 0 saturated carbocycles. The summed E-state index contributed by atoms with van der Waals surface area (Å²) in [5, 5.41) is 9.76. The lowest BCUT2D eigenvalue weighted by molar-refractivity contribution is 0.174. The van der Waals surface area contributed by atoms with E-state index in [0.717, 1.165) is 16.8 Å². The number of fused-ring (bicyclic) bond motifs is 2. The normalized spacial score (nSPS) is 16.5. The number of hydrogen-bond acceptors (Lipinski definition) is 6. The van der Waals surface area contributed by atoms with E-state index in [1.54, 1.807) is 10.6 Å². The second kappa shape index (κ2) is 7.26. The third-order valence-electron chi connectivity index (χ3n) is 5.60. The highest BCUT2D eigenvalue weighted by molar-refractivity contribution is 5.55. The zero-order valence-corrected chi connectivity index (χ0v) is 16.8. The summed E-state index contributed by atoms with van der Waals surface area (Å²) >= 11 is 0. The molecule has 2 N–H and O–H groups in total. The fourth-order valence-electron chi connectivity index (χ4n) is 4.08. The average Bonchev–Trinajstić information content (AvgIpc) is 3.24. The fraction of sp³-hybridized carbons (Fsp3) is 0.167. The zero-order valence-electron chi connectivity index (χ0n) is 16.8. The van der Waals surface area contributed by atoms with Gasteiger partial charge in [0.25, 0.3) is 5.56 Å². The van der Waals surface area contributed by atoms with Gasteiger partial charge in [-0.15, -0.1) is 0 Å². The summed E-state index contributed by atoms with van der Waals surface area (Å²) in [6, 6.07) is 18.9. The molecule has 3 heterocycles. The van der Waals surface area contributed by atoms with Crippen molar-refractivity contribution in [2.75, 3.05) is 6.79 Å². The predicted octanol–water partition coefficient (Wildman–Crippen LogP) is 3.15. The van der Waals surface area contributed by atoms with E-state index in [2.05, 4.69) is 6.07 Å². The number of hydrogen-bond donors (Lipinski definition) is 1. The van der Waals surface area contributed by atoms with Crippen LogP contribution in [-0.2, 0) is 6.54 Å². The summed E-state index contributed by atoms with van der Waals surface area (Å²) in [7, 11) is 0. The van der Waals surface area contributed by atoms with Gasteiger partial charge in [-0.2, -0.15) is 5.26 Å². The van der Waals surface area contributed by atoms with Crippen molar-refractivity contribution >= 4 is 0 Å². The maximum atomic E-state index is 13.7. The molecule has 1 atom stereocenters. The molecule has 2 aliphatic rings. The van der Waals surface area contributed by atoms with Crippen LogP contribution in [0.15, 0.2) is 70.8 Å². The molecular formula is C24H19N3O4. The molecule has 3 aromatic rings. The summed E-state index contributed by atoms with van der Waals surface area (Å²) in [5.74, 6) is 1.17. The van der Waals surface area contributed by atoms with Crippen LogP contribution in [0.2, 0.25) is 0 Å². The number of benzene rings is 2. The molecule has 1 aromatic heterocycles. The maximum Gasteiger partial charge on any atom is 0.259 e. The molecule has 154 valence electrons. The van der Waals surface area contributed by atoms with Crippen LogP contribution < -0.4 is 25.5 Å². The number of nitriles is 1. The number of aryl methyl sites for hydroxylation is 1. The van der Waals surface area contributed by atoms with Gasteiger partial charge in [0.05, 0.1) is 18.0 Å². The van der Waals surface area contributed by atoms with E-state index >= 15 is 0 Å². The van der Waals surface area contributed by atoms with Crippen LogP contribution in [0.5, 0.6) is 17.2 Å². The number of ether oxygens (including phenoxy) is 3. The number of rotatable bonds is 3. The van der Waals surface area contributed by atoms with Gasteiger partial charge in [0.15, 0.2) is 11.5 Å². The van der Waals surface area contributed by atoms with Crippen molar-refractivity contribution in [3.8, 4) is 23.3 Å². The molecule has 0 saturated heterocycles. The smallest absolute Gasteiger partial charge is 0.259 e. The zero-order chi connectivity index (χ0) is 21.5. The van der Waals surface area contributed by atoms with Crippen LogP contribution in [0.1, 0.15) is 28.3 Å². The van der Waals surface area contributed by atoms with Gasteiger partial charge >= 0.3 is 0 Å². The number of pyridine rings is 1. The molecule has 7 heteroatoms. The molecule has 1 unspecified atom stereocenters. The predicted molar refractivity (Wildman–Crippen MR) is 113 cm³/mol. The van der Waals surface area contributed by atoms with E-state index in [4.69, 9.17) is 19.9 Å². The van der Waals surface area contributed by atoms with Crippen LogP contribution >= 0.6 is 0 Å². The largest absolute Gasteiger partial charge is 0.454 e. The molecule has 31 heavy (non-hydrogen) atoms. The fourth-order valence-corrected chi connectivity index (χ4v) is 4.08. The van der Waals surface area contributed by atoms with Crippen LogP contribution in [0.3, 0.4) is 0 Å². The van der Waals surface area contributed by atoms with Crippen molar-refractivity contribution in [1.82, 2.24) is 4.57 Å². The molecule has 0 radical (unpaired) electrons. The standard InChI is InChI=1S/C24H19N3O4/c1-14-9-20-22(21(16-5-3-2-4-6-16)17(11-25)23(26)31-20)24(28)27(14)12-15-7-8-18-19(10-15)30-13-29-18/h2-10,21H,12-13,26H2,1H3. The Morgan fingerprint density at radius 2 is 1.87 bits per heavy atom. The first-order valence-electron chi connectivity index (χ1n) is 9.82. The van der Waals surface area contributed by atoms with Crippen molar-refractivity contribution in [1.29, 1.82) is 5.26 Å². The lowest BCUT2D eigenvalue weighted by Gasteiger charge is -2.27. The van der Waals surface area contributed by atoms with Crippen LogP contribution in [0.4, 0.5) is 0 Å². The van der Waals surface area contributed by atoms with Gasteiger partial charge in [0.2, 0.25) is 12.7 Å². The molecule has 0 spiro atoms. The molecule has 0 amide bonds. The molecule has 0 fully saturated rings. The van der Waals surface area contributed by atoms with Gasteiger partial charge in [-0.3, -0.25) is 4.79 Å². The quantitative estimate of drug-likeness (QED) is 0.708. The van der Waals surface area contributed by atoms with E-state index in [1.165, 1.54) is 0 Å². The van der Waals surface area contributed by atoms with Gasteiger partial charge in [0.1, 0.15) is 17.4 Å². The topological polar surface area (TPSA) is 99.5 Å². The van der Waals surface area contributed by atoms with Gasteiger partial charge in [0, 0.05) is 11.8 Å².